The smallest absolute Gasteiger partial charge is 0.134 e. The summed E-state index contributed by atoms with van der Waals surface area (Å²) in [7, 11) is 0. The Morgan fingerprint density at radius 3 is 2.30 bits per heavy atom. The predicted molar refractivity (Wildman–Crippen MR) is 91.0 cm³/mol. The lowest BCUT2D eigenvalue weighted by Crippen LogP contribution is -2.31. The van der Waals surface area contributed by atoms with Crippen LogP contribution in [0, 0.1) is 0 Å². The van der Waals surface area contributed by atoms with Gasteiger partial charge in [0.15, 0.2) is 0 Å². The molecule has 2 atom stereocenters. The van der Waals surface area contributed by atoms with Crippen molar-refractivity contribution in [1.29, 1.82) is 0 Å². The number of rotatable bonds is 9. The third-order valence-electron chi connectivity index (χ3n) is 3.56. The monoisotopic (exact) mass is 318 g/mol. The highest BCUT2D eigenvalue weighted by Gasteiger charge is 2.06. The van der Waals surface area contributed by atoms with Gasteiger partial charge in [-0.3, -0.25) is 0 Å². The first-order chi connectivity index (χ1) is 11.1. The molecule has 0 saturated carbocycles. The van der Waals surface area contributed by atoms with Crippen molar-refractivity contribution >= 4 is 0 Å². The van der Waals surface area contributed by atoms with Crippen LogP contribution in [0.2, 0.25) is 0 Å². The van der Waals surface area contributed by atoms with E-state index in [4.69, 9.17) is 9.52 Å². The average Bonchev–Trinajstić information content (AvgIpc) is 2.99. The van der Waals surface area contributed by atoms with Crippen LogP contribution in [0.4, 0.5) is 0 Å². The molecular weight excluding hydrogens is 292 g/mol. The van der Waals surface area contributed by atoms with Crippen molar-refractivity contribution in [3.05, 3.63) is 47.7 Å². The Morgan fingerprint density at radius 2 is 1.65 bits per heavy atom. The Hall–Kier alpha value is -1.66. The highest BCUT2D eigenvalue weighted by Crippen LogP contribution is 2.24. The Morgan fingerprint density at radius 1 is 0.957 bits per heavy atom. The van der Waals surface area contributed by atoms with Gasteiger partial charge >= 0.3 is 0 Å². The summed E-state index contributed by atoms with van der Waals surface area (Å²) in [6, 6.07) is 11.7. The largest absolute Gasteiger partial charge is 0.460 e. The Balaban J connectivity index is 1.79. The average molecular weight is 318 g/mol. The minimum absolute atomic E-state index is 0.317. The van der Waals surface area contributed by atoms with Crippen molar-refractivity contribution in [2.75, 3.05) is 19.6 Å². The van der Waals surface area contributed by atoms with E-state index in [1.165, 1.54) is 0 Å². The Bertz CT molecular complexity index is 576. The maximum absolute atomic E-state index is 9.53. The van der Waals surface area contributed by atoms with Crippen LogP contribution in [0.25, 0.3) is 11.3 Å². The zero-order chi connectivity index (χ0) is 16.7. The first kappa shape index (κ1) is 17.7. The normalized spacial score (nSPS) is 13.9. The van der Waals surface area contributed by atoms with Gasteiger partial charge in [-0.1, -0.05) is 24.3 Å². The van der Waals surface area contributed by atoms with Crippen molar-refractivity contribution in [3.8, 4) is 11.3 Å². The quantitative estimate of drug-likeness (QED) is 0.532. The predicted octanol–water partition coefficient (Wildman–Crippen LogP) is 2.06. The molecule has 0 aliphatic carbocycles. The summed E-state index contributed by atoms with van der Waals surface area (Å²) in [5.74, 6) is 1.71. The second kappa shape index (κ2) is 8.84. The van der Waals surface area contributed by atoms with E-state index in [9.17, 15) is 5.11 Å². The molecule has 0 aliphatic rings. The van der Waals surface area contributed by atoms with E-state index in [-0.39, 0.29) is 6.10 Å². The second-order valence-corrected chi connectivity index (χ2v) is 5.79. The zero-order valence-corrected chi connectivity index (χ0v) is 13.7. The topological polar surface area (TPSA) is 77.7 Å². The Kier molecular flexibility index (Phi) is 6.80. The fourth-order valence-electron chi connectivity index (χ4n) is 2.25. The molecule has 0 radical (unpaired) electrons. The van der Waals surface area contributed by atoms with Crippen molar-refractivity contribution in [2.45, 2.75) is 32.6 Å². The summed E-state index contributed by atoms with van der Waals surface area (Å²) in [4.78, 5) is 0. The van der Waals surface area contributed by atoms with Crippen LogP contribution in [0.15, 0.2) is 40.8 Å². The van der Waals surface area contributed by atoms with E-state index >= 15 is 0 Å². The van der Waals surface area contributed by atoms with Crippen molar-refractivity contribution < 1.29 is 14.6 Å². The molecule has 1 aromatic heterocycles. The van der Waals surface area contributed by atoms with Gasteiger partial charge in [0.2, 0.25) is 0 Å². The Labute approximate surface area is 137 Å². The maximum atomic E-state index is 9.53. The van der Waals surface area contributed by atoms with Gasteiger partial charge in [-0.2, -0.15) is 0 Å². The molecule has 23 heavy (non-hydrogen) atoms. The fraction of sp³-hybridized carbons (Fsp3) is 0.444. The molecule has 0 unspecified atom stereocenters. The van der Waals surface area contributed by atoms with Gasteiger partial charge in [-0.05, 0) is 31.5 Å². The molecule has 2 rings (SSSR count). The van der Waals surface area contributed by atoms with Gasteiger partial charge in [0, 0.05) is 25.2 Å². The number of hydrogen-bond donors (Lipinski definition) is 4. The van der Waals surface area contributed by atoms with E-state index in [1.54, 1.807) is 13.8 Å². The van der Waals surface area contributed by atoms with Gasteiger partial charge < -0.3 is 25.3 Å². The molecule has 5 nitrogen and oxygen atoms in total. The number of benzene rings is 1. The lowest BCUT2D eigenvalue weighted by atomic mass is 10.1. The number of hydrogen-bond acceptors (Lipinski definition) is 5. The minimum Gasteiger partial charge on any atom is -0.460 e. The third-order valence-corrected chi connectivity index (χ3v) is 3.56. The highest BCUT2D eigenvalue weighted by atomic mass is 16.3. The molecule has 1 heterocycles. The van der Waals surface area contributed by atoms with Crippen LogP contribution < -0.4 is 10.6 Å². The van der Waals surface area contributed by atoms with Gasteiger partial charge in [-0.25, -0.2) is 0 Å². The van der Waals surface area contributed by atoms with E-state index < -0.39 is 6.10 Å². The lowest BCUT2D eigenvalue weighted by Gasteiger charge is -2.07. The number of aliphatic hydroxyl groups is 2. The van der Waals surface area contributed by atoms with Gasteiger partial charge in [0.05, 0.1) is 18.8 Å². The first-order valence-corrected chi connectivity index (χ1v) is 8.03. The summed E-state index contributed by atoms with van der Waals surface area (Å²) in [5.41, 5.74) is 1.89. The van der Waals surface area contributed by atoms with Crippen molar-refractivity contribution in [2.24, 2.45) is 0 Å². The molecule has 0 fully saturated rings. The molecule has 4 N–H and O–H groups in total. The molecule has 5 heteroatoms. The molecule has 0 aliphatic heterocycles. The van der Waals surface area contributed by atoms with Gasteiger partial charge in [0.25, 0.3) is 0 Å². The molecule has 1 aromatic carbocycles. The van der Waals surface area contributed by atoms with Crippen LogP contribution in [-0.2, 0) is 6.54 Å². The molecule has 0 amide bonds. The fourth-order valence-corrected chi connectivity index (χ4v) is 2.25. The van der Waals surface area contributed by atoms with Crippen LogP contribution in [-0.4, -0.2) is 36.0 Å². The first-order valence-electron chi connectivity index (χ1n) is 8.03. The second-order valence-electron chi connectivity index (χ2n) is 5.79. The zero-order valence-electron chi connectivity index (χ0n) is 13.7. The van der Waals surface area contributed by atoms with Crippen LogP contribution in [0.5, 0.6) is 0 Å². The summed E-state index contributed by atoms with van der Waals surface area (Å²) in [6.07, 6.45) is -0.773. The third kappa shape index (κ3) is 5.80. The van der Waals surface area contributed by atoms with Crippen molar-refractivity contribution in [3.63, 3.8) is 0 Å². The molecule has 126 valence electrons. The summed E-state index contributed by atoms with van der Waals surface area (Å²) < 4.78 is 5.83. The van der Waals surface area contributed by atoms with Crippen LogP contribution >= 0.6 is 0 Å². The summed E-state index contributed by atoms with van der Waals surface area (Å²) >= 11 is 0. The SMILES string of the molecule is C[C@H](O)CNCCNCc1ccc(-c2ccc([C@H](C)O)cc2)o1. The standard InChI is InChI=1S/C18H26N2O3/c1-13(21)11-19-9-10-20-12-17-7-8-18(23-17)16-5-3-15(4-6-16)14(2)22/h3-8,13-14,19-22H,9-12H2,1-2H3/t13-,14-/m0/s1. The van der Waals surface area contributed by atoms with Gasteiger partial charge in [-0.15, -0.1) is 0 Å². The van der Waals surface area contributed by atoms with E-state index in [0.717, 1.165) is 35.7 Å². The van der Waals surface area contributed by atoms with E-state index in [1.807, 2.05) is 36.4 Å². The highest BCUT2D eigenvalue weighted by molar-refractivity contribution is 5.58. The summed E-state index contributed by atoms with van der Waals surface area (Å²) in [6.45, 7) is 6.41. The molecular formula is C18H26N2O3. The van der Waals surface area contributed by atoms with E-state index in [0.29, 0.717) is 13.1 Å². The van der Waals surface area contributed by atoms with Crippen molar-refractivity contribution in [1.82, 2.24) is 10.6 Å². The minimum atomic E-state index is -0.456. The molecule has 0 saturated heterocycles. The maximum Gasteiger partial charge on any atom is 0.134 e. The van der Waals surface area contributed by atoms with Crippen LogP contribution in [0.3, 0.4) is 0 Å². The number of aliphatic hydroxyl groups excluding tert-OH is 2. The lowest BCUT2D eigenvalue weighted by molar-refractivity contribution is 0.191. The number of nitrogens with one attached hydrogen (secondary N) is 2. The summed E-state index contributed by atoms with van der Waals surface area (Å²) in [5, 5.41) is 25.1. The van der Waals surface area contributed by atoms with E-state index in [2.05, 4.69) is 10.6 Å². The van der Waals surface area contributed by atoms with Gasteiger partial charge in [0.1, 0.15) is 11.5 Å². The molecule has 2 aromatic rings. The molecule has 0 spiro atoms. The van der Waals surface area contributed by atoms with Crippen LogP contribution in [0.1, 0.15) is 31.3 Å². The number of furan rings is 1. The molecule has 0 bridgehead atoms.